The Bertz CT molecular complexity index is 615. The Hall–Kier alpha value is -1.88. The maximum atomic E-state index is 11.9. The van der Waals surface area contributed by atoms with Gasteiger partial charge in [0, 0.05) is 23.8 Å². The Kier molecular flexibility index (Phi) is 4.15. The second-order valence-electron chi connectivity index (χ2n) is 6.46. The van der Waals surface area contributed by atoms with Gasteiger partial charge >= 0.3 is 11.9 Å². The van der Waals surface area contributed by atoms with Gasteiger partial charge in [-0.25, -0.2) is 4.79 Å². The van der Waals surface area contributed by atoms with Crippen LogP contribution in [0.4, 0.5) is 0 Å². The second kappa shape index (κ2) is 5.96. The number of ether oxygens (including phenoxy) is 2. The molecular weight excluding hydrogens is 296 g/mol. The molecule has 0 aromatic rings. The lowest BCUT2D eigenvalue weighted by Gasteiger charge is -2.23. The van der Waals surface area contributed by atoms with Crippen molar-refractivity contribution in [2.75, 3.05) is 6.61 Å². The fourth-order valence-electron chi connectivity index (χ4n) is 3.87. The van der Waals surface area contributed by atoms with Gasteiger partial charge < -0.3 is 14.6 Å². The van der Waals surface area contributed by atoms with Crippen molar-refractivity contribution < 1.29 is 24.2 Å². The molecule has 0 bridgehead atoms. The normalized spacial score (nSPS) is 33.2. The lowest BCUT2D eigenvalue weighted by atomic mass is 9.84. The van der Waals surface area contributed by atoms with Gasteiger partial charge in [-0.15, -0.1) is 0 Å². The maximum absolute atomic E-state index is 11.9. The van der Waals surface area contributed by atoms with Crippen molar-refractivity contribution in [3.05, 3.63) is 35.5 Å². The highest BCUT2D eigenvalue weighted by atomic mass is 16.6. The third-order valence-corrected chi connectivity index (χ3v) is 5.20. The van der Waals surface area contributed by atoms with Crippen molar-refractivity contribution in [3.63, 3.8) is 0 Å². The van der Waals surface area contributed by atoms with Crippen molar-refractivity contribution >= 4 is 11.9 Å². The van der Waals surface area contributed by atoms with Gasteiger partial charge in [0.05, 0.1) is 6.10 Å². The lowest BCUT2D eigenvalue weighted by molar-refractivity contribution is -0.142. The van der Waals surface area contributed by atoms with Crippen molar-refractivity contribution in [2.24, 2.45) is 11.8 Å². The smallest absolute Gasteiger partial charge is 0.334 e. The highest BCUT2D eigenvalue weighted by Gasteiger charge is 2.50. The molecule has 1 aliphatic heterocycles. The zero-order chi connectivity index (χ0) is 16.7. The molecule has 1 saturated carbocycles. The molecule has 3 rings (SSSR count). The SMILES string of the molecule is C=C1C(=O)OC2C1CCC(COC(=O)CC)=C1CC(O)C(=C)C12. The first-order chi connectivity index (χ1) is 10.9. The highest BCUT2D eigenvalue weighted by Crippen LogP contribution is 2.50. The molecule has 0 amide bonds. The van der Waals surface area contributed by atoms with E-state index < -0.39 is 6.10 Å². The van der Waals surface area contributed by atoms with Gasteiger partial charge in [-0.1, -0.05) is 25.7 Å². The lowest BCUT2D eigenvalue weighted by Crippen LogP contribution is -2.27. The van der Waals surface area contributed by atoms with Crippen LogP contribution in [0.5, 0.6) is 0 Å². The molecule has 0 aromatic carbocycles. The number of aliphatic hydroxyl groups is 1. The van der Waals surface area contributed by atoms with Gasteiger partial charge in [0.25, 0.3) is 0 Å². The molecule has 0 spiro atoms. The van der Waals surface area contributed by atoms with E-state index >= 15 is 0 Å². The molecule has 0 aromatic heterocycles. The number of fused-ring (bicyclic) bond motifs is 3. The van der Waals surface area contributed by atoms with E-state index in [1.54, 1.807) is 6.92 Å². The molecule has 4 atom stereocenters. The van der Waals surface area contributed by atoms with Crippen molar-refractivity contribution in [3.8, 4) is 0 Å². The van der Waals surface area contributed by atoms with E-state index in [2.05, 4.69) is 13.2 Å². The standard InChI is InChI=1S/C18H22O5/c1-4-15(20)22-8-11-5-6-12-9(2)18(21)23-17(12)16-10(3)14(19)7-13(11)16/h12,14,16-17,19H,2-8H2,1H3. The summed E-state index contributed by atoms with van der Waals surface area (Å²) in [6, 6.07) is 0. The van der Waals surface area contributed by atoms with E-state index in [0.29, 0.717) is 30.4 Å². The second-order valence-corrected chi connectivity index (χ2v) is 6.46. The van der Waals surface area contributed by atoms with Crippen molar-refractivity contribution in [1.82, 2.24) is 0 Å². The van der Waals surface area contributed by atoms with Crippen molar-refractivity contribution in [2.45, 2.75) is 44.8 Å². The molecule has 2 fully saturated rings. The van der Waals surface area contributed by atoms with E-state index in [-0.39, 0.29) is 36.5 Å². The molecule has 4 unspecified atom stereocenters. The van der Waals surface area contributed by atoms with Gasteiger partial charge in [0.2, 0.25) is 0 Å². The molecular formula is C18H22O5. The number of rotatable bonds is 3. The Labute approximate surface area is 135 Å². The summed E-state index contributed by atoms with van der Waals surface area (Å²) in [5, 5.41) is 10.2. The number of esters is 2. The minimum absolute atomic E-state index is 0.0658. The first-order valence-corrected chi connectivity index (χ1v) is 8.07. The van der Waals surface area contributed by atoms with Crippen LogP contribution in [0, 0.1) is 11.8 Å². The van der Waals surface area contributed by atoms with Crippen LogP contribution in [0.3, 0.4) is 0 Å². The number of hydrogen-bond donors (Lipinski definition) is 1. The Morgan fingerprint density at radius 2 is 2.17 bits per heavy atom. The molecule has 124 valence electrons. The van der Waals surface area contributed by atoms with E-state index in [1.165, 1.54) is 0 Å². The Morgan fingerprint density at radius 1 is 1.43 bits per heavy atom. The third kappa shape index (κ3) is 2.63. The number of carbonyl (C=O) groups excluding carboxylic acids is 2. The van der Waals surface area contributed by atoms with Gasteiger partial charge in [0.1, 0.15) is 12.7 Å². The van der Waals surface area contributed by atoms with Crippen LogP contribution in [-0.4, -0.2) is 35.9 Å². The summed E-state index contributed by atoms with van der Waals surface area (Å²) in [5.74, 6) is -0.860. The molecule has 1 saturated heterocycles. The predicted octanol–water partition coefficient (Wildman–Crippen LogP) is 2.06. The number of hydrogen-bond acceptors (Lipinski definition) is 5. The molecule has 0 radical (unpaired) electrons. The van der Waals surface area contributed by atoms with E-state index in [9.17, 15) is 14.7 Å². The molecule has 3 aliphatic rings. The summed E-state index contributed by atoms with van der Waals surface area (Å²) in [6.45, 7) is 9.86. The summed E-state index contributed by atoms with van der Waals surface area (Å²) in [6.07, 6.45) is 1.26. The van der Waals surface area contributed by atoms with E-state index in [1.807, 2.05) is 0 Å². The maximum Gasteiger partial charge on any atom is 0.334 e. The van der Waals surface area contributed by atoms with Gasteiger partial charge in [-0.2, -0.15) is 0 Å². The summed E-state index contributed by atoms with van der Waals surface area (Å²) in [7, 11) is 0. The zero-order valence-corrected chi connectivity index (χ0v) is 13.3. The van der Waals surface area contributed by atoms with E-state index in [4.69, 9.17) is 9.47 Å². The molecule has 2 aliphatic carbocycles. The van der Waals surface area contributed by atoms with Crippen LogP contribution in [0.25, 0.3) is 0 Å². The summed E-state index contributed by atoms with van der Waals surface area (Å²) in [5.41, 5.74) is 3.21. The summed E-state index contributed by atoms with van der Waals surface area (Å²) < 4.78 is 10.8. The Balaban J connectivity index is 1.93. The fourth-order valence-corrected chi connectivity index (χ4v) is 3.87. The molecule has 1 heterocycles. The number of aliphatic hydroxyl groups excluding tert-OH is 1. The minimum atomic E-state index is -0.641. The predicted molar refractivity (Wildman–Crippen MR) is 83.3 cm³/mol. The monoisotopic (exact) mass is 318 g/mol. The van der Waals surface area contributed by atoms with Crippen LogP contribution in [0.15, 0.2) is 35.5 Å². The van der Waals surface area contributed by atoms with Crippen LogP contribution >= 0.6 is 0 Å². The summed E-state index contributed by atoms with van der Waals surface area (Å²) in [4.78, 5) is 23.3. The molecule has 1 N–H and O–H groups in total. The van der Waals surface area contributed by atoms with Crippen LogP contribution < -0.4 is 0 Å². The minimum Gasteiger partial charge on any atom is -0.461 e. The molecule has 5 heteroatoms. The summed E-state index contributed by atoms with van der Waals surface area (Å²) >= 11 is 0. The fraction of sp³-hybridized carbons (Fsp3) is 0.556. The van der Waals surface area contributed by atoms with E-state index in [0.717, 1.165) is 17.6 Å². The van der Waals surface area contributed by atoms with Gasteiger partial charge in [-0.05, 0) is 30.4 Å². The Morgan fingerprint density at radius 3 is 2.87 bits per heavy atom. The van der Waals surface area contributed by atoms with Gasteiger partial charge in [0.15, 0.2) is 0 Å². The molecule has 23 heavy (non-hydrogen) atoms. The average Bonchev–Trinajstić information content (AvgIpc) is 2.91. The average molecular weight is 318 g/mol. The first-order valence-electron chi connectivity index (χ1n) is 8.07. The molecule has 5 nitrogen and oxygen atoms in total. The third-order valence-electron chi connectivity index (χ3n) is 5.20. The zero-order valence-electron chi connectivity index (χ0n) is 13.3. The topological polar surface area (TPSA) is 72.8 Å². The van der Waals surface area contributed by atoms with Gasteiger partial charge in [-0.3, -0.25) is 4.79 Å². The van der Waals surface area contributed by atoms with Crippen molar-refractivity contribution in [1.29, 1.82) is 0 Å². The number of carbonyl (C=O) groups is 2. The highest BCUT2D eigenvalue weighted by molar-refractivity contribution is 5.91. The van der Waals surface area contributed by atoms with Crippen LogP contribution in [0.1, 0.15) is 32.6 Å². The largest absolute Gasteiger partial charge is 0.461 e. The quantitative estimate of drug-likeness (QED) is 0.490. The first kappa shape index (κ1) is 16.0. The van der Waals surface area contributed by atoms with Crippen LogP contribution in [0.2, 0.25) is 0 Å². The van der Waals surface area contributed by atoms with Crippen LogP contribution in [-0.2, 0) is 19.1 Å².